The number of nitro benzene ring substituents is 1. The number of primary amides is 1. The first-order chi connectivity index (χ1) is 9.57. The van der Waals surface area contributed by atoms with Crippen LogP contribution >= 0.6 is 0 Å². The number of aromatic hydroxyl groups is 1. The molecule has 1 rings (SSSR count). The molecule has 1 amide bonds. The summed E-state index contributed by atoms with van der Waals surface area (Å²) in [5.41, 5.74) is 4.28. The van der Waals surface area contributed by atoms with Crippen molar-refractivity contribution in [3.63, 3.8) is 0 Å². The van der Waals surface area contributed by atoms with Crippen molar-refractivity contribution in [3.05, 3.63) is 28.3 Å². The molecule has 0 atom stereocenters. The van der Waals surface area contributed by atoms with Crippen molar-refractivity contribution in [3.8, 4) is 5.75 Å². The summed E-state index contributed by atoms with van der Waals surface area (Å²) in [5.74, 6) is -1.49. The Morgan fingerprint density at radius 3 is 2.48 bits per heavy atom. The number of sulfonamides is 1. The fraction of sp³-hybridized carbons (Fsp3) is 0.364. The molecule has 0 saturated heterocycles. The summed E-state index contributed by atoms with van der Waals surface area (Å²) in [6, 6.07) is 2.10. The van der Waals surface area contributed by atoms with Gasteiger partial charge in [-0.3, -0.25) is 14.9 Å². The molecule has 0 aromatic heterocycles. The van der Waals surface area contributed by atoms with E-state index in [1.54, 1.807) is 0 Å². The summed E-state index contributed by atoms with van der Waals surface area (Å²) < 4.78 is 25.6. The van der Waals surface area contributed by atoms with Crippen LogP contribution in [-0.2, 0) is 14.8 Å². The molecule has 0 radical (unpaired) electrons. The summed E-state index contributed by atoms with van der Waals surface area (Å²) in [5, 5.41) is 20.1. The smallest absolute Gasteiger partial charge is 0.312 e. The highest BCUT2D eigenvalue weighted by molar-refractivity contribution is 7.89. The van der Waals surface area contributed by atoms with Crippen LogP contribution in [0.5, 0.6) is 5.75 Å². The standard InChI is InChI=1S/C11H15N3O6S/c1-7(2)13(6-11(12)16)21(19,20)8-3-4-10(15)9(5-8)14(17)18/h3-5,7,15H,6H2,1-2H3,(H2,12,16). The number of nitro groups is 1. The maximum absolute atomic E-state index is 12.4. The number of nitrogens with two attached hydrogens (primary N) is 1. The molecule has 0 aliphatic rings. The number of phenols is 1. The fourth-order valence-electron chi connectivity index (χ4n) is 1.64. The lowest BCUT2D eigenvalue weighted by Crippen LogP contribution is -2.42. The van der Waals surface area contributed by atoms with Crippen LogP contribution in [0.15, 0.2) is 23.1 Å². The van der Waals surface area contributed by atoms with Crippen LogP contribution < -0.4 is 5.73 Å². The van der Waals surface area contributed by atoms with Crippen molar-refractivity contribution in [1.82, 2.24) is 4.31 Å². The first-order valence-electron chi connectivity index (χ1n) is 5.85. The number of phenolic OH excluding ortho intramolecular Hbond substituents is 1. The molecule has 0 bridgehead atoms. The van der Waals surface area contributed by atoms with Crippen LogP contribution in [0, 0.1) is 10.1 Å². The topological polar surface area (TPSA) is 144 Å². The zero-order chi connectivity index (χ0) is 16.4. The second-order valence-corrected chi connectivity index (χ2v) is 6.41. The van der Waals surface area contributed by atoms with Gasteiger partial charge in [0.2, 0.25) is 15.9 Å². The average molecular weight is 317 g/mol. The van der Waals surface area contributed by atoms with E-state index in [-0.39, 0.29) is 0 Å². The summed E-state index contributed by atoms with van der Waals surface area (Å²) in [7, 11) is -4.15. The Balaban J connectivity index is 3.38. The molecular weight excluding hydrogens is 302 g/mol. The van der Waals surface area contributed by atoms with Crippen molar-refractivity contribution >= 4 is 21.6 Å². The lowest BCUT2D eigenvalue weighted by atomic mass is 10.3. The normalized spacial score (nSPS) is 11.8. The van der Waals surface area contributed by atoms with E-state index in [2.05, 4.69) is 0 Å². The van der Waals surface area contributed by atoms with Crippen molar-refractivity contribution < 1.29 is 23.2 Å². The molecular formula is C11H15N3O6S. The zero-order valence-electron chi connectivity index (χ0n) is 11.4. The highest BCUT2D eigenvalue weighted by Gasteiger charge is 2.30. The Hall–Kier alpha value is -2.20. The van der Waals surface area contributed by atoms with E-state index < -0.39 is 49.8 Å². The minimum atomic E-state index is -4.15. The average Bonchev–Trinajstić information content (AvgIpc) is 2.35. The van der Waals surface area contributed by atoms with Gasteiger partial charge in [-0.05, 0) is 26.0 Å². The Labute approximate surface area is 121 Å². The van der Waals surface area contributed by atoms with Gasteiger partial charge in [-0.15, -0.1) is 0 Å². The molecule has 3 N–H and O–H groups in total. The first-order valence-corrected chi connectivity index (χ1v) is 7.29. The minimum absolute atomic E-state index is 0.401. The number of carbonyl (C=O) groups is 1. The molecule has 0 saturated carbocycles. The van der Waals surface area contributed by atoms with Crippen molar-refractivity contribution in [1.29, 1.82) is 0 Å². The van der Waals surface area contributed by atoms with Crippen molar-refractivity contribution in [2.45, 2.75) is 24.8 Å². The summed E-state index contributed by atoms with van der Waals surface area (Å²) in [6.45, 7) is 2.53. The van der Waals surface area contributed by atoms with Gasteiger partial charge in [0.05, 0.1) is 16.4 Å². The van der Waals surface area contributed by atoms with E-state index in [1.807, 2.05) is 0 Å². The predicted molar refractivity (Wildman–Crippen MR) is 73.0 cm³/mol. The molecule has 1 aromatic rings. The number of amides is 1. The maximum Gasteiger partial charge on any atom is 0.312 e. The van der Waals surface area contributed by atoms with Crippen LogP contribution in [-0.4, -0.2) is 41.2 Å². The van der Waals surface area contributed by atoms with Gasteiger partial charge in [0, 0.05) is 12.1 Å². The Kier molecular flexibility index (Phi) is 4.86. The van der Waals surface area contributed by atoms with Gasteiger partial charge in [0.15, 0.2) is 5.75 Å². The van der Waals surface area contributed by atoms with E-state index in [4.69, 9.17) is 5.73 Å². The van der Waals surface area contributed by atoms with Crippen LogP contribution in [0.4, 0.5) is 5.69 Å². The van der Waals surface area contributed by atoms with Gasteiger partial charge < -0.3 is 10.8 Å². The Bertz CT molecular complexity index is 671. The van der Waals surface area contributed by atoms with E-state index >= 15 is 0 Å². The van der Waals surface area contributed by atoms with Gasteiger partial charge in [0.25, 0.3) is 0 Å². The lowest BCUT2D eigenvalue weighted by molar-refractivity contribution is -0.386. The Morgan fingerprint density at radius 2 is 2.05 bits per heavy atom. The highest BCUT2D eigenvalue weighted by Crippen LogP contribution is 2.30. The van der Waals surface area contributed by atoms with Crippen LogP contribution in [0.1, 0.15) is 13.8 Å². The third-order valence-electron chi connectivity index (χ3n) is 2.64. The van der Waals surface area contributed by atoms with Crippen molar-refractivity contribution in [2.75, 3.05) is 6.54 Å². The molecule has 9 nitrogen and oxygen atoms in total. The monoisotopic (exact) mass is 317 g/mol. The van der Waals surface area contributed by atoms with Crippen LogP contribution in [0.3, 0.4) is 0 Å². The molecule has 10 heteroatoms. The lowest BCUT2D eigenvalue weighted by Gasteiger charge is -2.24. The number of carbonyl (C=O) groups excluding carboxylic acids is 1. The molecule has 0 aliphatic heterocycles. The molecule has 1 aromatic carbocycles. The first kappa shape index (κ1) is 16.9. The molecule has 116 valence electrons. The quantitative estimate of drug-likeness (QED) is 0.566. The van der Waals surface area contributed by atoms with Gasteiger partial charge in [-0.1, -0.05) is 0 Å². The van der Waals surface area contributed by atoms with E-state index in [9.17, 15) is 28.4 Å². The van der Waals surface area contributed by atoms with Gasteiger partial charge >= 0.3 is 5.69 Å². The third-order valence-corrected chi connectivity index (χ3v) is 4.66. The largest absolute Gasteiger partial charge is 0.502 e. The number of nitrogens with zero attached hydrogens (tertiary/aromatic N) is 2. The van der Waals surface area contributed by atoms with Crippen LogP contribution in [0.2, 0.25) is 0 Å². The number of rotatable bonds is 6. The third kappa shape index (κ3) is 3.67. The van der Waals surface area contributed by atoms with Crippen molar-refractivity contribution in [2.24, 2.45) is 5.73 Å². The zero-order valence-corrected chi connectivity index (χ0v) is 12.2. The molecule has 0 heterocycles. The van der Waals surface area contributed by atoms with E-state index in [1.165, 1.54) is 13.8 Å². The number of benzene rings is 1. The number of hydrogen-bond acceptors (Lipinski definition) is 6. The SMILES string of the molecule is CC(C)N(CC(N)=O)S(=O)(=O)c1ccc(O)c([N+](=O)[O-])c1. The molecule has 0 aliphatic carbocycles. The Morgan fingerprint density at radius 1 is 1.48 bits per heavy atom. The minimum Gasteiger partial charge on any atom is -0.502 e. The maximum atomic E-state index is 12.4. The molecule has 0 unspecified atom stereocenters. The fourth-order valence-corrected chi connectivity index (χ4v) is 3.27. The molecule has 0 spiro atoms. The van der Waals surface area contributed by atoms with Crippen LogP contribution in [0.25, 0.3) is 0 Å². The predicted octanol–water partition coefficient (Wildman–Crippen LogP) is 0.185. The second-order valence-electron chi connectivity index (χ2n) is 4.52. The second kappa shape index (κ2) is 6.06. The summed E-state index contributed by atoms with van der Waals surface area (Å²) >= 11 is 0. The van der Waals surface area contributed by atoms with E-state index in [0.717, 1.165) is 22.5 Å². The number of hydrogen-bond donors (Lipinski definition) is 2. The van der Waals surface area contributed by atoms with Gasteiger partial charge in [-0.2, -0.15) is 4.31 Å². The molecule has 0 fully saturated rings. The van der Waals surface area contributed by atoms with Gasteiger partial charge in [-0.25, -0.2) is 8.42 Å². The summed E-state index contributed by atoms with van der Waals surface area (Å²) in [4.78, 5) is 20.4. The van der Waals surface area contributed by atoms with E-state index in [0.29, 0.717) is 0 Å². The summed E-state index contributed by atoms with van der Waals surface area (Å²) in [6.07, 6.45) is 0. The van der Waals surface area contributed by atoms with Gasteiger partial charge in [0.1, 0.15) is 0 Å². The molecule has 21 heavy (non-hydrogen) atoms. The highest BCUT2D eigenvalue weighted by atomic mass is 32.2.